The van der Waals surface area contributed by atoms with Crippen molar-refractivity contribution in [2.24, 2.45) is 11.5 Å². The van der Waals surface area contributed by atoms with Crippen LogP contribution in [0.5, 0.6) is 0 Å². The maximum Gasteiger partial charge on any atom is 0.238 e. The molecular weight excluding hydrogens is 444 g/mol. The van der Waals surface area contributed by atoms with E-state index in [0.29, 0.717) is 6.54 Å². The molecule has 8 heteroatoms. The summed E-state index contributed by atoms with van der Waals surface area (Å²) in [5.74, 6) is 0. The van der Waals surface area contributed by atoms with E-state index < -0.39 is 24.0 Å². The van der Waals surface area contributed by atoms with Crippen molar-refractivity contribution in [2.45, 2.75) is 135 Å². The Hall–Kier alpha value is -1.16. The Morgan fingerprint density at radius 1 is 0.857 bits per heavy atom. The Labute approximate surface area is 213 Å². The van der Waals surface area contributed by atoms with Crippen LogP contribution >= 0.6 is 0 Å². The van der Waals surface area contributed by atoms with E-state index in [1.807, 2.05) is 58.6 Å². The second-order valence-electron chi connectivity index (χ2n) is 12.1. The van der Waals surface area contributed by atoms with Crippen molar-refractivity contribution in [3.63, 3.8) is 0 Å². The molecule has 2 aliphatic rings. The minimum atomic E-state index is -1.00. The van der Waals surface area contributed by atoms with Crippen LogP contribution in [0.4, 0.5) is 0 Å². The summed E-state index contributed by atoms with van der Waals surface area (Å²) in [4.78, 5) is 4.07. The molecule has 0 aromatic carbocycles. The molecule has 8 nitrogen and oxygen atoms in total. The molecule has 204 valence electrons. The molecule has 1 fully saturated rings. The molecule has 0 amide bonds. The second kappa shape index (κ2) is 13.4. The number of aliphatic hydroxyl groups excluding tert-OH is 2. The van der Waals surface area contributed by atoms with Crippen LogP contribution in [-0.4, -0.2) is 69.2 Å². The minimum Gasteiger partial charge on any atom is -0.402 e. The fourth-order valence-corrected chi connectivity index (χ4v) is 4.70. The van der Waals surface area contributed by atoms with Crippen molar-refractivity contribution in [1.82, 2.24) is 9.80 Å². The first-order valence-electron chi connectivity index (χ1n) is 13.4. The van der Waals surface area contributed by atoms with E-state index >= 15 is 0 Å². The van der Waals surface area contributed by atoms with Crippen LogP contribution in [-0.2, 0) is 9.47 Å². The zero-order valence-corrected chi connectivity index (χ0v) is 23.0. The SMILES string of the molecule is CC(C)(C)OC(O)N(CCCCCN(C1CCC(N)CC1)C(O)OC(C)(C)C)C1=CC=C(N)CC1. The smallest absolute Gasteiger partial charge is 0.238 e. The predicted octanol–water partition coefficient (Wildman–Crippen LogP) is 3.73. The zero-order valence-electron chi connectivity index (χ0n) is 23.0. The van der Waals surface area contributed by atoms with Crippen LogP contribution in [0.1, 0.15) is 99.3 Å². The molecule has 0 aromatic rings. The fourth-order valence-electron chi connectivity index (χ4n) is 4.70. The van der Waals surface area contributed by atoms with Gasteiger partial charge < -0.3 is 36.1 Å². The van der Waals surface area contributed by atoms with Crippen molar-refractivity contribution < 1.29 is 19.7 Å². The Bertz CT molecular complexity index is 690. The maximum atomic E-state index is 10.9. The van der Waals surface area contributed by atoms with Crippen molar-refractivity contribution in [1.29, 1.82) is 0 Å². The van der Waals surface area contributed by atoms with Gasteiger partial charge in [-0.3, -0.25) is 4.90 Å². The standard InChI is InChI=1S/C27H52N4O4/c1-26(2,3)34-24(32)30(22-14-10-20(28)11-15-22)18-8-7-9-19-31(25(33)35-27(4,5)6)23-16-12-21(29)13-17-23/h10,14,21,23-25,32-33H,7-9,11-13,15-19,28-29H2,1-6H3. The molecule has 0 aliphatic heterocycles. The molecule has 0 aromatic heterocycles. The average molecular weight is 497 g/mol. The number of allylic oxidation sites excluding steroid dienone is 4. The highest BCUT2D eigenvalue weighted by Gasteiger charge is 2.31. The Morgan fingerprint density at radius 2 is 1.43 bits per heavy atom. The monoisotopic (exact) mass is 496 g/mol. The van der Waals surface area contributed by atoms with Gasteiger partial charge in [0, 0.05) is 36.6 Å². The number of ether oxygens (including phenoxy) is 2. The molecule has 1 saturated carbocycles. The zero-order chi connectivity index (χ0) is 26.2. The highest BCUT2D eigenvalue weighted by molar-refractivity contribution is 5.21. The number of hydrogen-bond donors (Lipinski definition) is 4. The third-order valence-electron chi connectivity index (χ3n) is 6.52. The van der Waals surface area contributed by atoms with Crippen molar-refractivity contribution in [3.05, 3.63) is 23.5 Å². The minimum absolute atomic E-state index is 0.265. The molecule has 2 aliphatic carbocycles. The van der Waals surface area contributed by atoms with Gasteiger partial charge in [-0.25, -0.2) is 0 Å². The molecule has 0 heterocycles. The largest absolute Gasteiger partial charge is 0.402 e. The van der Waals surface area contributed by atoms with Gasteiger partial charge in [-0.1, -0.05) is 6.42 Å². The van der Waals surface area contributed by atoms with Crippen molar-refractivity contribution in [3.8, 4) is 0 Å². The van der Waals surface area contributed by atoms with Crippen LogP contribution in [0, 0.1) is 0 Å². The summed E-state index contributed by atoms with van der Waals surface area (Å²) in [7, 11) is 0. The van der Waals surface area contributed by atoms with E-state index in [0.717, 1.165) is 75.7 Å². The number of nitrogens with two attached hydrogens (primary N) is 2. The van der Waals surface area contributed by atoms with Crippen LogP contribution in [0.2, 0.25) is 0 Å². The van der Waals surface area contributed by atoms with E-state index in [9.17, 15) is 10.2 Å². The van der Waals surface area contributed by atoms with E-state index in [1.165, 1.54) is 0 Å². The first-order chi connectivity index (χ1) is 16.2. The Kier molecular flexibility index (Phi) is 11.5. The van der Waals surface area contributed by atoms with Gasteiger partial charge in [-0.15, -0.1) is 0 Å². The summed E-state index contributed by atoms with van der Waals surface area (Å²) >= 11 is 0. The molecule has 0 saturated heterocycles. The van der Waals surface area contributed by atoms with E-state index in [2.05, 4.69) is 4.90 Å². The molecule has 6 N–H and O–H groups in total. The highest BCUT2D eigenvalue weighted by atomic mass is 16.6. The highest BCUT2D eigenvalue weighted by Crippen LogP contribution is 2.27. The molecule has 0 bridgehead atoms. The summed E-state index contributed by atoms with van der Waals surface area (Å²) in [6.45, 7) is 13.2. The quantitative estimate of drug-likeness (QED) is 0.238. The Balaban J connectivity index is 1.94. The molecular formula is C27H52N4O4. The van der Waals surface area contributed by atoms with Crippen LogP contribution < -0.4 is 11.5 Å². The lowest BCUT2D eigenvalue weighted by molar-refractivity contribution is -0.250. The third kappa shape index (κ3) is 11.2. The number of unbranched alkanes of at least 4 members (excludes halogenated alkanes) is 2. The first kappa shape index (κ1) is 30.1. The van der Waals surface area contributed by atoms with Gasteiger partial charge in [0.15, 0.2) is 0 Å². The molecule has 2 atom stereocenters. The summed E-state index contributed by atoms with van der Waals surface area (Å²) in [6, 6.07) is 0.552. The topological polar surface area (TPSA) is 117 Å². The fraction of sp³-hybridized carbons (Fsp3) is 0.852. The van der Waals surface area contributed by atoms with Gasteiger partial charge in [-0.05, 0) is 105 Å². The molecule has 2 rings (SSSR count). The summed E-state index contributed by atoms with van der Waals surface area (Å²) in [6.07, 6.45) is 10.3. The first-order valence-corrected chi connectivity index (χ1v) is 13.4. The number of hydrogen-bond acceptors (Lipinski definition) is 8. The van der Waals surface area contributed by atoms with Crippen LogP contribution in [0.25, 0.3) is 0 Å². The predicted molar refractivity (Wildman–Crippen MR) is 141 cm³/mol. The van der Waals surface area contributed by atoms with E-state index in [1.54, 1.807) is 0 Å². The van der Waals surface area contributed by atoms with Crippen LogP contribution in [0.3, 0.4) is 0 Å². The molecule has 0 radical (unpaired) electrons. The number of nitrogens with zero attached hydrogens (tertiary/aromatic N) is 2. The summed E-state index contributed by atoms with van der Waals surface area (Å²) < 4.78 is 11.8. The van der Waals surface area contributed by atoms with Crippen molar-refractivity contribution >= 4 is 0 Å². The van der Waals surface area contributed by atoms with Gasteiger partial charge in [0.05, 0.1) is 11.2 Å². The Morgan fingerprint density at radius 3 is 1.97 bits per heavy atom. The lowest BCUT2D eigenvalue weighted by Gasteiger charge is -2.40. The summed E-state index contributed by atoms with van der Waals surface area (Å²) in [5.41, 5.74) is 13.1. The van der Waals surface area contributed by atoms with Gasteiger partial charge in [-0.2, -0.15) is 0 Å². The average Bonchev–Trinajstić information content (AvgIpc) is 2.72. The van der Waals surface area contributed by atoms with Gasteiger partial charge in [0.25, 0.3) is 0 Å². The maximum absolute atomic E-state index is 10.9. The van der Waals surface area contributed by atoms with Crippen molar-refractivity contribution in [2.75, 3.05) is 13.1 Å². The second-order valence-corrected chi connectivity index (χ2v) is 12.1. The van der Waals surface area contributed by atoms with Gasteiger partial charge in [0.1, 0.15) is 0 Å². The normalized spacial score (nSPS) is 23.6. The lowest BCUT2D eigenvalue weighted by Crippen LogP contribution is -2.50. The lowest BCUT2D eigenvalue weighted by atomic mass is 9.90. The van der Waals surface area contributed by atoms with Gasteiger partial charge >= 0.3 is 0 Å². The molecule has 2 unspecified atom stereocenters. The number of aliphatic hydroxyl groups is 2. The molecule has 35 heavy (non-hydrogen) atoms. The van der Waals surface area contributed by atoms with Gasteiger partial charge in [0.2, 0.25) is 12.8 Å². The number of rotatable bonds is 12. The van der Waals surface area contributed by atoms with Crippen LogP contribution in [0.15, 0.2) is 23.5 Å². The van der Waals surface area contributed by atoms with E-state index in [4.69, 9.17) is 20.9 Å². The summed E-state index contributed by atoms with van der Waals surface area (Å²) in [5, 5.41) is 21.7. The van der Waals surface area contributed by atoms with E-state index in [-0.39, 0.29) is 12.1 Å². The third-order valence-corrected chi connectivity index (χ3v) is 6.52. The molecule has 0 spiro atoms.